The Balaban J connectivity index is 1.62. The maximum Gasteiger partial charge on any atom is 0.142 e. The molecule has 3 rings (SSSR count). The lowest BCUT2D eigenvalue weighted by atomic mass is 10.2. The molecule has 0 radical (unpaired) electrons. The molecule has 2 aliphatic heterocycles. The highest BCUT2D eigenvalue weighted by Gasteiger charge is 2.31. The maximum absolute atomic E-state index is 5.73. The third kappa shape index (κ3) is 4.00. The number of hydrogen-bond acceptors (Lipinski definition) is 6. The summed E-state index contributed by atoms with van der Waals surface area (Å²) in [6.45, 7) is 7.66. The van der Waals surface area contributed by atoms with Crippen LogP contribution in [-0.2, 0) is 9.68 Å². The smallest absolute Gasteiger partial charge is 0.142 e. The molecule has 1 aromatic carbocycles. The molecular formula is C18H29N3O3. The molecule has 1 unspecified atom stereocenters. The van der Waals surface area contributed by atoms with Crippen molar-refractivity contribution >= 4 is 5.69 Å². The van der Waals surface area contributed by atoms with E-state index in [2.05, 4.69) is 28.9 Å². The largest absolute Gasteiger partial charge is 0.495 e. The Hall–Kier alpha value is -1.34. The first kappa shape index (κ1) is 17.5. The van der Waals surface area contributed by atoms with Gasteiger partial charge in [-0.2, -0.15) is 0 Å². The fourth-order valence-electron chi connectivity index (χ4n) is 3.41. The second-order valence-corrected chi connectivity index (χ2v) is 6.27. The summed E-state index contributed by atoms with van der Waals surface area (Å²) in [7, 11) is 1.73. The summed E-state index contributed by atoms with van der Waals surface area (Å²) in [6, 6.07) is 8.24. The van der Waals surface area contributed by atoms with Crippen LogP contribution < -0.4 is 9.64 Å². The van der Waals surface area contributed by atoms with E-state index < -0.39 is 0 Å². The molecule has 6 heteroatoms. The van der Waals surface area contributed by atoms with Crippen LogP contribution in [0, 0.1) is 0 Å². The predicted octanol–water partition coefficient (Wildman–Crippen LogP) is 2.51. The first-order chi connectivity index (χ1) is 11.8. The van der Waals surface area contributed by atoms with Crippen molar-refractivity contribution in [2.45, 2.75) is 32.4 Å². The second-order valence-electron chi connectivity index (χ2n) is 6.27. The standard InChI is InChI=1S/C18H29N3O3/c1-3-7-18(21-23-14-6-15-24-21)20-12-10-19(11-13-20)16-8-4-5-9-17(16)22-2/h4-5,8-9,18H,3,6-7,10-15H2,1-2H3. The molecule has 0 spiro atoms. The summed E-state index contributed by atoms with van der Waals surface area (Å²) >= 11 is 0. The number of methoxy groups -OCH3 is 1. The van der Waals surface area contributed by atoms with Gasteiger partial charge in [-0.15, -0.1) is 0 Å². The number of hydrogen-bond donors (Lipinski definition) is 0. The summed E-state index contributed by atoms with van der Waals surface area (Å²) < 4.78 is 5.50. The van der Waals surface area contributed by atoms with Gasteiger partial charge in [0.05, 0.1) is 26.0 Å². The van der Waals surface area contributed by atoms with Crippen molar-refractivity contribution in [3.8, 4) is 5.75 Å². The van der Waals surface area contributed by atoms with Crippen molar-refractivity contribution in [3.63, 3.8) is 0 Å². The molecule has 0 aliphatic carbocycles. The Labute approximate surface area is 144 Å². The molecule has 2 saturated heterocycles. The minimum Gasteiger partial charge on any atom is -0.495 e. The van der Waals surface area contributed by atoms with Crippen molar-refractivity contribution in [2.75, 3.05) is 51.4 Å². The molecule has 0 amide bonds. The highest BCUT2D eigenvalue weighted by molar-refractivity contribution is 5.58. The van der Waals surface area contributed by atoms with Gasteiger partial charge in [-0.1, -0.05) is 25.5 Å². The Morgan fingerprint density at radius 2 is 1.79 bits per heavy atom. The molecule has 0 saturated carbocycles. The van der Waals surface area contributed by atoms with E-state index in [0.29, 0.717) is 0 Å². The molecule has 0 bridgehead atoms. The zero-order chi connectivity index (χ0) is 16.8. The Bertz CT molecular complexity index is 500. The molecule has 1 aromatic rings. The zero-order valence-corrected chi connectivity index (χ0v) is 14.8. The molecule has 0 aromatic heterocycles. The molecule has 24 heavy (non-hydrogen) atoms. The van der Waals surface area contributed by atoms with Gasteiger partial charge in [0.2, 0.25) is 0 Å². The molecule has 134 valence electrons. The van der Waals surface area contributed by atoms with E-state index in [1.807, 2.05) is 12.1 Å². The van der Waals surface area contributed by atoms with Gasteiger partial charge in [0.25, 0.3) is 0 Å². The molecule has 1 atom stereocenters. The van der Waals surface area contributed by atoms with Crippen molar-refractivity contribution in [2.24, 2.45) is 0 Å². The normalized spacial score (nSPS) is 21.7. The van der Waals surface area contributed by atoms with Crippen LogP contribution in [0.15, 0.2) is 24.3 Å². The van der Waals surface area contributed by atoms with Crippen LogP contribution in [0.1, 0.15) is 26.2 Å². The van der Waals surface area contributed by atoms with E-state index in [4.69, 9.17) is 14.4 Å². The zero-order valence-electron chi connectivity index (χ0n) is 14.8. The minimum absolute atomic E-state index is 0.204. The number of piperazine rings is 1. The van der Waals surface area contributed by atoms with Crippen LogP contribution in [0.3, 0.4) is 0 Å². The summed E-state index contributed by atoms with van der Waals surface area (Å²) in [6.07, 6.45) is 3.33. The number of para-hydroxylation sites is 2. The first-order valence-electron chi connectivity index (χ1n) is 9.00. The van der Waals surface area contributed by atoms with Gasteiger partial charge in [-0.3, -0.25) is 14.6 Å². The number of hydroxylamine groups is 2. The Morgan fingerprint density at radius 1 is 1.08 bits per heavy atom. The van der Waals surface area contributed by atoms with Gasteiger partial charge in [-0.25, -0.2) is 0 Å². The van der Waals surface area contributed by atoms with Crippen LogP contribution in [0.25, 0.3) is 0 Å². The van der Waals surface area contributed by atoms with Gasteiger partial charge >= 0.3 is 0 Å². The van der Waals surface area contributed by atoms with Crippen molar-refractivity contribution in [1.29, 1.82) is 0 Å². The average Bonchev–Trinajstić information content (AvgIpc) is 2.67. The number of anilines is 1. The van der Waals surface area contributed by atoms with Crippen LogP contribution in [-0.4, -0.2) is 62.8 Å². The maximum atomic E-state index is 5.73. The van der Waals surface area contributed by atoms with Crippen LogP contribution in [0.2, 0.25) is 0 Å². The lowest BCUT2D eigenvalue weighted by Crippen LogP contribution is -2.56. The third-order valence-corrected chi connectivity index (χ3v) is 4.68. The molecule has 6 nitrogen and oxygen atoms in total. The van der Waals surface area contributed by atoms with Crippen LogP contribution in [0.5, 0.6) is 5.75 Å². The molecule has 2 heterocycles. The first-order valence-corrected chi connectivity index (χ1v) is 9.00. The molecule has 0 N–H and O–H groups in total. The predicted molar refractivity (Wildman–Crippen MR) is 93.8 cm³/mol. The van der Waals surface area contributed by atoms with Gasteiger partial charge in [-0.05, 0) is 30.2 Å². The number of benzene rings is 1. The summed E-state index contributed by atoms with van der Waals surface area (Å²) in [5.74, 6) is 0.943. The van der Waals surface area contributed by atoms with E-state index in [1.165, 1.54) is 5.69 Å². The highest BCUT2D eigenvalue weighted by Crippen LogP contribution is 2.29. The Morgan fingerprint density at radius 3 is 2.46 bits per heavy atom. The molecule has 2 aliphatic rings. The second kappa shape index (κ2) is 8.67. The molecule has 2 fully saturated rings. The van der Waals surface area contributed by atoms with E-state index in [-0.39, 0.29) is 6.17 Å². The lowest BCUT2D eigenvalue weighted by Gasteiger charge is -2.43. The van der Waals surface area contributed by atoms with Gasteiger partial charge in [0.15, 0.2) is 0 Å². The lowest BCUT2D eigenvalue weighted by molar-refractivity contribution is -0.427. The average molecular weight is 335 g/mol. The van der Waals surface area contributed by atoms with Crippen LogP contribution in [0.4, 0.5) is 5.69 Å². The minimum atomic E-state index is 0.204. The SMILES string of the molecule is CCCC(N1CCN(c2ccccc2OC)CC1)N1OCCCO1. The number of ether oxygens (including phenoxy) is 1. The van der Waals surface area contributed by atoms with Crippen molar-refractivity contribution < 1.29 is 14.4 Å². The van der Waals surface area contributed by atoms with Crippen LogP contribution >= 0.6 is 0 Å². The fraction of sp³-hybridized carbons (Fsp3) is 0.667. The van der Waals surface area contributed by atoms with E-state index in [9.17, 15) is 0 Å². The van der Waals surface area contributed by atoms with E-state index in [1.54, 1.807) is 12.3 Å². The summed E-state index contributed by atoms with van der Waals surface area (Å²) in [5.41, 5.74) is 1.18. The van der Waals surface area contributed by atoms with Gasteiger partial charge < -0.3 is 9.64 Å². The number of nitrogens with zero attached hydrogens (tertiary/aromatic N) is 3. The monoisotopic (exact) mass is 335 g/mol. The van der Waals surface area contributed by atoms with Crippen molar-refractivity contribution in [3.05, 3.63) is 24.3 Å². The van der Waals surface area contributed by atoms with E-state index >= 15 is 0 Å². The summed E-state index contributed by atoms with van der Waals surface area (Å²) in [5, 5.41) is 1.74. The topological polar surface area (TPSA) is 37.4 Å². The van der Waals surface area contributed by atoms with E-state index in [0.717, 1.165) is 64.4 Å². The van der Waals surface area contributed by atoms with Crippen molar-refractivity contribution in [1.82, 2.24) is 10.1 Å². The quantitative estimate of drug-likeness (QED) is 0.795. The summed E-state index contributed by atoms with van der Waals surface area (Å²) in [4.78, 5) is 16.3. The Kier molecular flexibility index (Phi) is 6.31. The van der Waals surface area contributed by atoms with Gasteiger partial charge in [0.1, 0.15) is 11.9 Å². The molecular weight excluding hydrogens is 306 g/mol. The fourth-order valence-corrected chi connectivity index (χ4v) is 3.41. The van der Waals surface area contributed by atoms with Gasteiger partial charge in [0, 0.05) is 26.2 Å². The third-order valence-electron chi connectivity index (χ3n) is 4.68. The highest BCUT2D eigenvalue weighted by atomic mass is 17.0. The number of rotatable bonds is 6.